The molecule has 1 aromatic heterocycles. The summed E-state index contributed by atoms with van der Waals surface area (Å²) in [6, 6.07) is 9.29. The van der Waals surface area contributed by atoms with Crippen LogP contribution in [0.25, 0.3) is 0 Å². The monoisotopic (exact) mass is 477 g/mol. The Bertz CT molecular complexity index is 1140. The molecule has 9 heteroatoms. The summed E-state index contributed by atoms with van der Waals surface area (Å²) in [6.07, 6.45) is 5.82. The van der Waals surface area contributed by atoms with Crippen LogP contribution in [0, 0.1) is 0 Å². The summed E-state index contributed by atoms with van der Waals surface area (Å²) in [5.41, 5.74) is 2.62. The van der Waals surface area contributed by atoms with Crippen molar-refractivity contribution in [3.63, 3.8) is 0 Å². The van der Waals surface area contributed by atoms with Crippen molar-refractivity contribution < 1.29 is 19.1 Å². The lowest BCUT2D eigenvalue weighted by atomic mass is 10.0. The first-order chi connectivity index (χ1) is 17.0. The topological polar surface area (TPSA) is 104 Å². The third kappa shape index (κ3) is 4.86. The second-order valence-corrected chi connectivity index (χ2v) is 9.41. The Kier molecular flexibility index (Phi) is 6.68. The van der Waals surface area contributed by atoms with Gasteiger partial charge in [-0.1, -0.05) is 12.5 Å². The van der Waals surface area contributed by atoms with Crippen LogP contribution in [-0.4, -0.2) is 64.8 Å². The predicted octanol–water partition coefficient (Wildman–Crippen LogP) is 2.32. The fraction of sp³-hybridized carbons (Fsp3) is 0.462. The molecule has 0 radical (unpaired) electrons. The minimum Gasteiger partial charge on any atom is -0.492 e. The lowest BCUT2D eigenvalue weighted by molar-refractivity contribution is -0.136. The molecule has 0 spiro atoms. The molecule has 0 bridgehead atoms. The molecule has 2 aromatic rings. The molecule has 2 atom stereocenters. The number of aromatic nitrogens is 1. The lowest BCUT2D eigenvalue weighted by Crippen LogP contribution is -2.52. The predicted molar refractivity (Wildman–Crippen MR) is 130 cm³/mol. The van der Waals surface area contributed by atoms with Crippen LogP contribution in [0.2, 0.25) is 0 Å². The molecule has 2 N–H and O–H groups in total. The molecule has 3 aliphatic rings. The van der Waals surface area contributed by atoms with E-state index < -0.39 is 11.9 Å². The number of rotatable bonds is 7. The van der Waals surface area contributed by atoms with E-state index in [1.165, 1.54) is 18.4 Å². The SMILES string of the molecule is CNc1ncccc1CN1CCCC[C@@H]1COc1ccc2c(c1)CN(C1CCC(=O)NC1=O)C2=O. The second kappa shape index (κ2) is 10.0. The molecule has 5 rings (SSSR count). The number of imide groups is 1. The maximum atomic E-state index is 12.9. The number of ether oxygens (including phenoxy) is 1. The normalized spacial score (nSPS) is 22.7. The van der Waals surface area contributed by atoms with E-state index in [9.17, 15) is 14.4 Å². The van der Waals surface area contributed by atoms with E-state index in [2.05, 4.69) is 26.6 Å². The largest absolute Gasteiger partial charge is 0.492 e. The van der Waals surface area contributed by atoms with Crippen molar-refractivity contribution in [1.29, 1.82) is 0 Å². The molecule has 3 amide bonds. The molecular formula is C26H31N5O4. The van der Waals surface area contributed by atoms with Gasteiger partial charge in [-0.15, -0.1) is 0 Å². The third-order valence-corrected chi connectivity index (χ3v) is 7.19. The van der Waals surface area contributed by atoms with Gasteiger partial charge in [-0.05, 0) is 55.6 Å². The molecule has 2 saturated heterocycles. The van der Waals surface area contributed by atoms with Crippen molar-refractivity contribution in [3.05, 3.63) is 53.2 Å². The zero-order valence-corrected chi connectivity index (χ0v) is 20.0. The van der Waals surface area contributed by atoms with Gasteiger partial charge in [0.1, 0.15) is 24.2 Å². The number of nitrogens with one attached hydrogen (secondary N) is 2. The maximum Gasteiger partial charge on any atom is 0.255 e. The van der Waals surface area contributed by atoms with E-state index in [0.717, 1.165) is 36.6 Å². The smallest absolute Gasteiger partial charge is 0.255 e. The van der Waals surface area contributed by atoms with Gasteiger partial charge in [-0.25, -0.2) is 4.98 Å². The molecule has 0 aliphatic carbocycles. The first-order valence-corrected chi connectivity index (χ1v) is 12.3. The minimum absolute atomic E-state index is 0.170. The van der Waals surface area contributed by atoms with Crippen LogP contribution in [-0.2, 0) is 22.7 Å². The summed E-state index contributed by atoms with van der Waals surface area (Å²) in [5, 5.41) is 5.52. The molecule has 4 heterocycles. The van der Waals surface area contributed by atoms with Crippen LogP contribution in [0.3, 0.4) is 0 Å². The highest BCUT2D eigenvalue weighted by molar-refractivity contribution is 6.05. The average Bonchev–Trinajstić information content (AvgIpc) is 3.19. The van der Waals surface area contributed by atoms with E-state index in [0.29, 0.717) is 31.2 Å². The lowest BCUT2D eigenvalue weighted by Gasteiger charge is -2.35. The number of benzene rings is 1. The molecule has 1 unspecified atom stereocenters. The highest BCUT2D eigenvalue weighted by Gasteiger charge is 2.39. The van der Waals surface area contributed by atoms with Crippen LogP contribution < -0.4 is 15.4 Å². The number of likely N-dealkylation sites (tertiary alicyclic amines) is 1. The summed E-state index contributed by atoms with van der Waals surface area (Å²) in [5.74, 6) is 0.780. The summed E-state index contributed by atoms with van der Waals surface area (Å²) >= 11 is 0. The van der Waals surface area contributed by atoms with Crippen molar-refractivity contribution in [1.82, 2.24) is 20.1 Å². The van der Waals surface area contributed by atoms with Crippen molar-refractivity contribution in [2.75, 3.05) is 25.5 Å². The number of nitrogens with zero attached hydrogens (tertiary/aromatic N) is 3. The minimum atomic E-state index is -0.609. The Balaban J connectivity index is 1.23. The van der Waals surface area contributed by atoms with Gasteiger partial charge in [0.15, 0.2) is 0 Å². The zero-order chi connectivity index (χ0) is 24.4. The Morgan fingerprint density at radius 1 is 1.17 bits per heavy atom. The van der Waals surface area contributed by atoms with Crippen molar-refractivity contribution in [2.45, 2.75) is 57.3 Å². The first kappa shape index (κ1) is 23.3. The quantitative estimate of drug-likeness (QED) is 0.590. The van der Waals surface area contributed by atoms with E-state index in [-0.39, 0.29) is 18.2 Å². The van der Waals surface area contributed by atoms with E-state index in [4.69, 9.17) is 4.74 Å². The van der Waals surface area contributed by atoms with Gasteiger partial charge in [-0.2, -0.15) is 0 Å². The van der Waals surface area contributed by atoms with Gasteiger partial charge in [0.25, 0.3) is 5.91 Å². The van der Waals surface area contributed by atoms with Crippen LogP contribution in [0.15, 0.2) is 36.5 Å². The molecule has 2 fully saturated rings. The Hall–Kier alpha value is -3.46. The number of hydrogen-bond acceptors (Lipinski definition) is 7. The molecule has 35 heavy (non-hydrogen) atoms. The summed E-state index contributed by atoms with van der Waals surface area (Å²) in [6.45, 7) is 2.75. The molecular weight excluding hydrogens is 446 g/mol. The standard InChI is InChI=1S/C26H31N5O4/c1-27-24-17(5-4-11-28-24)14-30-12-3-2-6-19(30)16-35-20-7-8-21-18(13-20)15-31(26(21)34)22-9-10-23(32)29-25(22)33/h4-5,7-8,11,13,19,22H,2-3,6,9-10,12,14-16H2,1H3,(H,27,28)(H,29,32,33)/t19-,22?/m1/s1. The number of amides is 3. The summed E-state index contributed by atoms with van der Waals surface area (Å²) in [7, 11) is 1.89. The van der Waals surface area contributed by atoms with Crippen molar-refractivity contribution >= 4 is 23.5 Å². The van der Waals surface area contributed by atoms with Crippen LogP contribution >= 0.6 is 0 Å². The number of piperidine rings is 2. The van der Waals surface area contributed by atoms with Gasteiger partial charge in [0, 0.05) is 49.9 Å². The average molecular weight is 478 g/mol. The van der Waals surface area contributed by atoms with Crippen molar-refractivity contribution in [2.24, 2.45) is 0 Å². The number of carbonyl (C=O) groups is 3. The van der Waals surface area contributed by atoms with Crippen LogP contribution in [0.1, 0.15) is 53.6 Å². The van der Waals surface area contributed by atoms with Gasteiger partial charge in [0.2, 0.25) is 11.8 Å². The third-order valence-electron chi connectivity index (χ3n) is 7.19. The number of hydrogen-bond donors (Lipinski definition) is 2. The summed E-state index contributed by atoms with van der Waals surface area (Å²) in [4.78, 5) is 45.1. The van der Waals surface area contributed by atoms with Crippen LogP contribution in [0.4, 0.5) is 5.82 Å². The van der Waals surface area contributed by atoms with Gasteiger partial charge < -0.3 is 15.0 Å². The highest BCUT2D eigenvalue weighted by atomic mass is 16.5. The molecule has 3 aliphatic heterocycles. The molecule has 184 valence electrons. The number of anilines is 1. The zero-order valence-electron chi connectivity index (χ0n) is 20.0. The Labute approximate surface area is 204 Å². The van der Waals surface area contributed by atoms with Crippen molar-refractivity contribution in [3.8, 4) is 5.75 Å². The Morgan fingerprint density at radius 2 is 2.06 bits per heavy atom. The fourth-order valence-corrected chi connectivity index (χ4v) is 5.30. The number of pyridine rings is 1. The molecule has 1 aromatic carbocycles. The van der Waals surface area contributed by atoms with E-state index in [1.54, 1.807) is 17.2 Å². The second-order valence-electron chi connectivity index (χ2n) is 9.41. The molecule has 9 nitrogen and oxygen atoms in total. The maximum absolute atomic E-state index is 12.9. The van der Waals surface area contributed by atoms with Gasteiger partial charge >= 0.3 is 0 Å². The van der Waals surface area contributed by atoms with E-state index >= 15 is 0 Å². The number of fused-ring (bicyclic) bond motifs is 1. The Morgan fingerprint density at radius 3 is 2.89 bits per heavy atom. The van der Waals surface area contributed by atoms with Gasteiger partial charge in [-0.3, -0.25) is 24.6 Å². The number of carbonyl (C=O) groups excluding carboxylic acids is 3. The fourth-order valence-electron chi connectivity index (χ4n) is 5.30. The highest BCUT2D eigenvalue weighted by Crippen LogP contribution is 2.31. The first-order valence-electron chi connectivity index (χ1n) is 12.3. The molecule has 0 saturated carbocycles. The van der Waals surface area contributed by atoms with Crippen LogP contribution in [0.5, 0.6) is 5.75 Å². The summed E-state index contributed by atoms with van der Waals surface area (Å²) < 4.78 is 6.22. The van der Waals surface area contributed by atoms with Gasteiger partial charge in [0.05, 0.1) is 0 Å². The van der Waals surface area contributed by atoms with E-state index in [1.807, 2.05) is 25.2 Å².